The van der Waals surface area contributed by atoms with Gasteiger partial charge in [0.2, 0.25) is 10.0 Å². The maximum Gasteiger partial charge on any atom is 0.251 e. The molecule has 1 atom stereocenters. The van der Waals surface area contributed by atoms with Gasteiger partial charge in [0.1, 0.15) is 4.90 Å². The van der Waals surface area contributed by atoms with Crippen LogP contribution in [0, 0.1) is 0 Å². The minimum Gasteiger partial charge on any atom is -0.350 e. The van der Waals surface area contributed by atoms with Gasteiger partial charge >= 0.3 is 0 Å². The average Bonchev–Trinajstić information content (AvgIpc) is 2.69. The summed E-state index contributed by atoms with van der Waals surface area (Å²) in [5.41, 5.74) is 1.34. The molecule has 0 radical (unpaired) electrons. The van der Waals surface area contributed by atoms with Crippen molar-refractivity contribution in [2.24, 2.45) is 0 Å². The van der Waals surface area contributed by atoms with E-state index in [1.807, 2.05) is 49.3 Å². The minimum absolute atomic E-state index is 0.00803. The lowest BCUT2D eigenvalue weighted by Gasteiger charge is -2.25. The number of amides is 1. The van der Waals surface area contributed by atoms with Crippen molar-refractivity contribution in [2.75, 3.05) is 33.7 Å². The first-order valence-electron chi connectivity index (χ1n) is 9.51. The van der Waals surface area contributed by atoms with Gasteiger partial charge in [-0.25, -0.2) is 8.42 Å². The molecule has 0 aliphatic carbocycles. The summed E-state index contributed by atoms with van der Waals surface area (Å²) >= 11 is 6.15. The van der Waals surface area contributed by atoms with Crippen LogP contribution in [0.2, 0.25) is 5.02 Å². The lowest BCUT2D eigenvalue weighted by Crippen LogP contribution is -2.35. The number of hydrogen-bond acceptors (Lipinski definition) is 4. The maximum atomic E-state index is 12.8. The number of halogens is 1. The third-order valence-corrected chi connectivity index (χ3v) is 7.31. The van der Waals surface area contributed by atoms with Crippen LogP contribution in [-0.4, -0.2) is 57.3 Å². The Kier molecular flexibility index (Phi) is 8.22. The highest BCUT2D eigenvalue weighted by atomic mass is 35.5. The third kappa shape index (κ3) is 5.57. The second-order valence-electron chi connectivity index (χ2n) is 6.83. The summed E-state index contributed by atoms with van der Waals surface area (Å²) < 4.78 is 27.0. The van der Waals surface area contributed by atoms with Gasteiger partial charge in [0.25, 0.3) is 5.91 Å². The number of benzene rings is 2. The van der Waals surface area contributed by atoms with E-state index in [2.05, 4.69) is 5.32 Å². The summed E-state index contributed by atoms with van der Waals surface area (Å²) in [6.45, 7) is 4.56. The van der Waals surface area contributed by atoms with Gasteiger partial charge in [-0.1, -0.05) is 55.8 Å². The Morgan fingerprint density at radius 3 is 2.24 bits per heavy atom. The van der Waals surface area contributed by atoms with E-state index >= 15 is 0 Å². The molecule has 0 aliphatic heterocycles. The predicted molar refractivity (Wildman–Crippen MR) is 117 cm³/mol. The molecule has 2 aromatic rings. The Labute approximate surface area is 178 Å². The number of carbonyl (C=O) groups excluding carboxylic acids is 1. The molecule has 2 rings (SSSR count). The molecular weight excluding hydrogens is 410 g/mol. The summed E-state index contributed by atoms with van der Waals surface area (Å²) in [4.78, 5) is 14.7. The third-order valence-electron chi connectivity index (χ3n) is 4.78. The van der Waals surface area contributed by atoms with E-state index in [1.54, 1.807) is 13.8 Å². The zero-order valence-corrected chi connectivity index (χ0v) is 18.8. The van der Waals surface area contributed by atoms with E-state index in [1.165, 1.54) is 22.5 Å². The molecule has 1 unspecified atom stereocenters. The van der Waals surface area contributed by atoms with E-state index in [-0.39, 0.29) is 27.4 Å². The summed E-state index contributed by atoms with van der Waals surface area (Å²) in [5, 5.41) is 3.00. The van der Waals surface area contributed by atoms with Crippen molar-refractivity contribution in [3.05, 3.63) is 64.7 Å². The minimum atomic E-state index is -3.76. The summed E-state index contributed by atoms with van der Waals surface area (Å²) in [6, 6.07) is 14.2. The fraction of sp³-hybridized carbons (Fsp3) is 0.381. The van der Waals surface area contributed by atoms with Gasteiger partial charge in [-0.2, -0.15) is 4.31 Å². The highest BCUT2D eigenvalue weighted by Gasteiger charge is 2.26. The Morgan fingerprint density at radius 1 is 1.07 bits per heavy atom. The van der Waals surface area contributed by atoms with Crippen LogP contribution < -0.4 is 5.32 Å². The molecule has 1 amide bonds. The molecule has 0 fully saturated rings. The Morgan fingerprint density at radius 2 is 1.69 bits per heavy atom. The van der Waals surface area contributed by atoms with Crippen LogP contribution in [0.5, 0.6) is 0 Å². The van der Waals surface area contributed by atoms with Crippen molar-refractivity contribution in [3.63, 3.8) is 0 Å². The normalized spacial score (nSPS) is 12.9. The molecule has 2 aromatic carbocycles. The Balaban J connectivity index is 2.23. The first kappa shape index (κ1) is 23.3. The second kappa shape index (κ2) is 10.2. The first-order chi connectivity index (χ1) is 13.7. The lowest BCUT2D eigenvalue weighted by molar-refractivity contribution is 0.0941. The van der Waals surface area contributed by atoms with Crippen LogP contribution in [-0.2, 0) is 10.0 Å². The van der Waals surface area contributed by atoms with Crippen LogP contribution in [0.15, 0.2) is 53.4 Å². The van der Waals surface area contributed by atoms with E-state index < -0.39 is 10.0 Å². The molecule has 0 heterocycles. The molecule has 0 saturated heterocycles. The maximum absolute atomic E-state index is 12.8. The van der Waals surface area contributed by atoms with Gasteiger partial charge in [-0.05, 0) is 37.9 Å². The second-order valence-corrected chi connectivity index (χ2v) is 9.15. The fourth-order valence-corrected chi connectivity index (χ4v) is 5.07. The molecule has 0 aromatic heterocycles. The molecular formula is C21H28ClN3O3S. The van der Waals surface area contributed by atoms with E-state index in [0.717, 1.165) is 5.56 Å². The molecule has 0 bridgehead atoms. The first-order valence-corrected chi connectivity index (χ1v) is 11.3. The van der Waals surface area contributed by atoms with Crippen molar-refractivity contribution >= 4 is 27.5 Å². The Bertz CT molecular complexity index is 929. The number of rotatable bonds is 9. The largest absolute Gasteiger partial charge is 0.350 e. The van der Waals surface area contributed by atoms with Crippen molar-refractivity contribution in [3.8, 4) is 0 Å². The molecule has 158 valence electrons. The van der Waals surface area contributed by atoms with Crippen LogP contribution in [0.25, 0.3) is 0 Å². The van der Waals surface area contributed by atoms with E-state index in [4.69, 9.17) is 11.6 Å². The topological polar surface area (TPSA) is 69.7 Å². The summed E-state index contributed by atoms with van der Waals surface area (Å²) in [5.74, 6) is -0.347. The zero-order valence-electron chi connectivity index (χ0n) is 17.2. The molecule has 0 aliphatic rings. The molecule has 1 N–H and O–H groups in total. The van der Waals surface area contributed by atoms with Gasteiger partial charge in [-0.15, -0.1) is 0 Å². The number of nitrogens with one attached hydrogen (secondary N) is 1. The zero-order chi connectivity index (χ0) is 21.6. The summed E-state index contributed by atoms with van der Waals surface area (Å²) in [6.07, 6.45) is 0. The number of nitrogens with zero attached hydrogens (tertiary/aromatic N) is 2. The molecule has 0 spiro atoms. The van der Waals surface area contributed by atoms with Crippen molar-refractivity contribution in [2.45, 2.75) is 24.8 Å². The van der Waals surface area contributed by atoms with Crippen LogP contribution in [0.3, 0.4) is 0 Å². The number of carbonyl (C=O) groups is 1. The van der Waals surface area contributed by atoms with Crippen LogP contribution >= 0.6 is 11.6 Å². The predicted octanol–water partition coefficient (Wildman–Crippen LogP) is 3.40. The summed E-state index contributed by atoms with van der Waals surface area (Å²) in [7, 11) is 0.128. The SMILES string of the molecule is CCN(CC)S(=O)(=O)c1cc(C(=O)NCC(c2ccccc2)N(C)C)ccc1Cl. The molecule has 0 saturated carbocycles. The van der Waals surface area contributed by atoms with Gasteiger partial charge in [0.15, 0.2) is 0 Å². The smallest absolute Gasteiger partial charge is 0.251 e. The lowest BCUT2D eigenvalue weighted by atomic mass is 10.1. The van der Waals surface area contributed by atoms with Crippen molar-refractivity contribution in [1.29, 1.82) is 0 Å². The molecule has 8 heteroatoms. The standard InChI is InChI=1S/C21H28ClN3O3S/c1-5-25(6-2)29(27,28)20-14-17(12-13-18(20)22)21(26)23-15-19(24(3)4)16-10-8-7-9-11-16/h7-14,19H,5-6,15H2,1-4H3,(H,23,26). The Hall–Kier alpha value is -1.93. The molecule has 6 nitrogen and oxygen atoms in total. The number of likely N-dealkylation sites (N-methyl/N-ethyl adjacent to an activating group) is 1. The quantitative estimate of drug-likeness (QED) is 0.652. The number of sulfonamides is 1. The van der Waals surface area contributed by atoms with Gasteiger partial charge in [0, 0.05) is 25.2 Å². The average molecular weight is 438 g/mol. The highest BCUT2D eigenvalue weighted by molar-refractivity contribution is 7.89. The fourth-order valence-electron chi connectivity index (χ4n) is 3.11. The number of hydrogen-bond donors (Lipinski definition) is 1. The van der Waals surface area contributed by atoms with E-state index in [9.17, 15) is 13.2 Å². The van der Waals surface area contributed by atoms with Gasteiger partial charge in [-0.3, -0.25) is 4.79 Å². The highest BCUT2D eigenvalue weighted by Crippen LogP contribution is 2.26. The van der Waals surface area contributed by atoms with E-state index in [0.29, 0.717) is 19.6 Å². The van der Waals surface area contributed by atoms with Crippen molar-refractivity contribution < 1.29 is 13.2 Å². The van der Waals surface area contributed by atoms with Crippen LogP contribution in [0.4, 0.5) is 0 Å². The monoisotopic (exact) mass is 437 g/mol. The van der Waals surface area contributed by atoms with Crippen molar-refractivity contribution in [1.82, 2.24) is 14.5 Å². The van der Waals surface area contributed by atoms with Crippen LogP contribution in [0.1, 0.15) is 35.8 Å². The molecule has 29 heavy (non-hydrogen) atoms. The van der Waals surface area contributed by atoms with Gasteiger partial charge < -0.3 is 10.2 Å². The van der Waals surface area contributed by atoms with Gasteiger partial charge in [0.05, 0.1) is 11.1 Å².